The van der Waals surface area contributed by atoms with E-state index in [-0.39, 0.29) is 0 Å². The van der Waals surface area contributed by atoms with Crippen molar-refractivity contribution in [2.75, 3.05) is 13.1 Å². The summed E-state index contributed by atoms with van der Waals surface area (Å²) in [6.45, 7) is 9.48. The lowest BCUT2D eigenvalue weighted by Crippen LogP contribution is -2.18. The minimum atomic E-state index is 0.640. The Balaban J connectivity index is 1.84. The molecule has 0 aromatic carbocycles. The Bertz CT molecular complexity index is 197. The molecule has 76 valence electrons. The van der Waals surface area contributed by atoms with Gasteiger partial charge in [0.25, 0.3) is 0 Å². The number of hydrogen-bond acceptors (Lipinski definition) is 1. The van der Waals surface area contributed by atoms with Gasteiger partial charge in [-0.25, -0.2) is 0 Å². The maximum atomic E-state index is 3.49. The summed E-state index contributed by atoms with van der Waals surface area (Å²) in [6.07, 6.45) is 5.94. The second kappa shape index (κ2) is 2.98. The zero-order valence-electron chi connectivity index (χ0n) is 9.32. The summed E-state index contributed by atoms with van der Waals surface area (Å²) in [6, 6.07) is 0. The maximum Gasteiger partial charge on any atom is -0.00151 e. The lowest BCUT2D eigenvalue weighted by atomic mass is 9.89. The van der Waals surface area contributed by atoms with Crippen molar-refractivity contribution in [3.8, 4) is 0 Å². The quantitative estimate of drug-likeness (QED) is 0.706. The molecule has 1 spiro atoms. The van der Waals surface area contributed by atoms with Crippen molar-refractivity contribution in [1.82, 2.24) is 5.32 Å². The van der Waals surface area contributed by atoms with Gasteiger partial charge in [-0.1, -0.05) is 20.8 Å². The SMILES string of the molecule is CCNCC1CC12CCC(C)(C)C2. The van der Waals surface area contributed by atoms with Gasteiger partial charge in [0.15, 0.2) is 0 Å². The zero-order valence-corrected chi connectivity index (χ0v) is 9.32. The lowest BCUT2D eigenvalue weighted by Gasteiger charge is -2.17. The Labute approximate surface area is 82.3 Å². The van der Waals surface area contributed by atoms with Crippen molar-refractivity contribution in [3.05, 3.63) is 0 Å². The first-order valence-electron chi connectivity index (χ1n) is 5.79. The third-order valence-electron chi connectivity index (χ3n) is 4.13. The molecule has 0 aliphatic heterocycles. The van der Waals surface area contributed by atoms with Crippen LogP contribution >= 0.6 is 0 Å². The van der Waals surface area contributed by atoms with Crippen LogP contribution in [0.2, 0.25) is 0 Å². The predicted octanol–water partition coefficient (Wildman–Crippen LogP) is 2.81. The third-order valence-corrected chi connectivity index (χ3v) is 4.13. The van der Waals surface area contributed by atoms with Crippen LogP contribution in [0.3, 0.4) is 0 Å². The van der Waals surface area contributed by atoms with Gasteiger partial charge < -0.3 is 5.32 Å². The Kier molecular flexibility index (Phi) is 2.18. The third kappa shape index (κ3) is 1.76. The van der Waals surface area contributed by atoms with E-state index in [0.29, 0.717) is 5.41 Å². The first-order chi connectivity index (χ1) is 6.08. The van der Waals surface area contributed by atoms with Gasteiger partial charge in [0.1, 0.15) is 0 Å². The van der Waals surface area contributed by atoms with Crippen LogP contribution in [0.4, 0.5) is 0 Å². The Morgan fingerprint density at radius 3 is 2.62 bits per heavy atom. The zero-order chi connectivity index (χ0) is 9.53. The van der Waals surface area contributed by atoms with E-state index >= 15 is 0 Å². The molecule has 0 amide bonds. The van der Waals surface area contributed by atoms with E-state index in [1.165, 1.54) is 32.2 Å². The summed E-state index contributed by atoms with van der Waals surface area (Å²) >= 11 is 0. The molecule has 0 saturated heterocycles. The molecular formula is C12H23N. The average molecular weight is 181 g/mol. The van der Waals surface area contributed by atoms with Crippen molar-refractivity contribution in [2.24, 2.45) is 16.7 Å². The predicted molar refractivity (Wildman–Crippen MR) is 56.7 cm³/mol. The van der Waals surface area contributed by atoms with E-state index in [2.05, 4.69) is 26.1 Å². The molecule has 1 heteroatoms. The van der Waals surface area contributed by atoms with Gasteiger partial charge in [0.2, 0.25) is 0 Å². The standard InChI is InChI=1S/C12H23N/c1-4-13-8-10-7-12(10)6-5-11(2,3)9-12/h10,13H,4-9H2,1-3H3. The molecule has 1 N–H and O–H groups in total. The molecule has 0 bridgehead atoms. The van der Waals surface area contributed by atoms with Crippen LogP contribution in [0.25, 0.3) is 0 Å². The molecule has 2 saturated carbocycles. The van der Waals surface area contributed by atoms with Crippen LogP contribution in [0, 0.1) is 16.7 Å². The van der Waals surface area contributed by atoms with Crippen LogP contribution in [-0.2, 0) is 0 Å². The number of nitrogens with one attached hydrogen (secondary N) is 1. The van der Waals surface area contributed by atoms with Gasteiger partial charge in [-0.2, -0.15) is 0 Å². The molecule has 2 atom stereocenters. The highest BCUT2D eigenvalue weighted by Crippen LogP contribution is 2.66. The summed E-state index contributed by atoms with van der Waals surface area (Å²) in [5, 5.41) is 3.49. The molecule has 2 unspecified atom stereocenters. The summed E-state index contributed by atoms with van der Waals surface area (Å²) in [5.74, 6) is 1.01. The normalized spacial score (nSPS) is 41.3. The van der Waals surface area contributed by atoms with E-state index in [0.717, 1.165) is 17.9 Å². The van der Waals surface area contributed by atoms with Crippen LogP contribution in [0.1, 0.15) is 46.5 Å². The molecule has 2 fully saturated rings. The molecule has 0 radical (unpaired) electrons. The summed E-state index contributed by atoms with van der Waals surface area (Å²) < 4.78 is 0. The molecule has 0 aromatic heterocycles. The minimum absolute atomic E-state index is 0.640. The van der Waals surface area contributed by atoms with Gasteiger partial charge in [0, 0.05) is 0 Å². The van der Waals surface area contributed by atoms with Crippen molar-refractivity contribution >= 4 is 0 Å². The summed E-state index contributed by atoms with van der Waals surface area (Å²) in [4.78, 5) is 0. The second-order valence-corrected chi connectivity index (χ2v) is 5.91. The Hall–Kier alpha value is -0.0400. The van der Waals surface area contributed by atoms with E-state index < -0.39 is 0 Å². The van der Waals surface area contributed by atoms with Gasteiger partial charge in [-0.05, 0) is 55.5 Å². The fourth-order valence-corrected chi connectivity index (χ4v) is 3.28. The lowest BCUT2D eigenvalue weighted by molar-refractivity contribution is 0.340. The monoisotopic (exact) mass is 181 g/mol. The van der Waals surface area contributed by atoms with Gasteiger partial charge in [-0.3, -0.25) is 0 Å². The van der Waals surface area contributed by atoms with E-state index in [1.54, 1.807) is 0 Å². The highest BCUT2D eigenvalue weighted by Gasteiger charge is 2.58. The topological polar surface area (TPSA) is 12.0 Å². The molecule has 2 aliphatic carbocycles. The van der Waals surface area contributed by atoms with Crippen LogP contribution in [0.15, 0.2) is 0 Å². The van der Waals surface area contributed by atoms with Gasteiger partial charge in [0.05, 0.1) is 0 Å². The highest BCUT2D eigenvalue weighted by molar-refractivity contribution is 5.09. The van der Waals surface area contributed by atoms with Crippen molar-refractivity contribution in [3.63, 3.8) is 0 Å². The van der Waals surface area contributed by atoms with Gasteiger partial charge in [-0.15, -0.1) is 0 Å². The van der Waals surface area contributed by atoms with Gasteiger partial charge >= 0.3 is 0 Å². The van der Waals surface area contributed by atoms with Crippen molar-refractivity contribution < 1.29 is 0 Å². The Morgan fingerprint density at radius 2 is 2.08 bits per heavy atom. The average Bonchev–Trinajstić information content (AvgIpc) is 2.61. The number of rotatable bonds is 3. The molecule has 2 aliphatic rings. The van der Waals surface area contributed by atoms with E-state index in [1.807, 2.05) is 0 Å². The first kappa shape index (κ1) is 9.51. The molecular weight excluding hydrogens is 158 g/mol. The minimum Gasteiger partial charge on any atom is -0.317 e. The fraction of sp³-hybridized carbons (Fsp3) is 1.00. The van der Waals surface area contributed by atoms with Crippen LogP contribution in [-0.4, -0.2) is 13.1 Å². The smallest absolute Gasteiger partial charge is 0.00151 e. The van der Waals surface area contributed by atoms with E-state index in [9.17, 15) is 0 Å². The van der Waals surface area contributed by atoms with Crippen molar-refractivity contribution in [2.45, 2.75) is 46.5 Å². The Morgan fingerprint density at radius 1 is 1.31 bits per heavy atom. The van der Waals surface area contributed by atoms with Crippen molar-refractivity contribution in [1.29, 1.82) is 0 Å². The maximum absolute atomic E-state index is 3.49. The first-order valence-corrected chi connectivity index (χ1v) is 5.79. The second-order valence-electron chi connectivity index (χ2n) is 5.91. The summed E-state index contributed by atoms with van der Waals surface area (Å²) in [7, 11) is 0. The summed E-state index contributed by atoms with van der Waals surface area (Å²) in [5.41, 5.74) is 1.42. The van der Waals surface area contributed by atoms with Crippen LogP contribution < -0.4 is 5.32 Å². The molecule has 1 nitrogen and oxygen atoms in total. The van der Waals surface area contributed by atoms with Crippen LogP contribution in [0.5, 0.6) is 0 Å². The molecule has 0 heterocycles. The number of hydrogen-bond donors (Lipinski definition) is 1. The molecule has 2 rings (SSSR count). The molecule has 13 heavy (non-hydrogen) atoms. The largest absolute Gasteiger partial charge is 0.317 e. The fourth-order valence-electron chi connectivity index (χ4n) is 3.28. The van der Waals surface area contributed by atoms with E-state index in [4.69, 9.17) is 0 Å². The molecule has 0 aromatic rings. The highest BCUT2D eigenvalue weighted by atomic mass is 14.9.